The van der Waals surface area contributed by atoms with Crippen LogP contribution in [0.1, 0.15) is 25.0 Å². The zero-order valence-corrected chi connectivity index (χ0v) is 15.7. The van der Waals surface area contributed by atoms with Crippen LogP contribution < -0.4 is 4.74 Å². The minimum Gasteiger partial charge on any atom is -0.484 e. The van der Waals surface area contributed by atoms with Crippen LogP contribution in [0.3, 0.4) is 0 Å². The van der Waals surface area contributed by atoms with E-state index < -0.39 is 0 Å². The lowest BCUT2D eigenvalue weighted by Gasteiger charge is -2.21. The molecule has 7 nitrogen and oxygen atoms in total. The maximum Gasteiger partial charge on any atom is 0.260 e. The molecule has 1 aliphatic heterocycles. The molecule has 3 rings (SSSR count). The smallest absolute Gasteiger partial charge is 0.260 e. The van der Waals surface area contributed by atoms with E-state index in [-0.39, 0.29) is 12.5 Å². The first-order valence-corrected chi connectivity index (χ1v) is 9.30. The SMILES string of the molecule is CCc1n[nH]c(CN2CCCN(C(=O)COc3cccc(Cl)c3)CC2)n1. The van der Waals surface area contributed by atoms with Gasteiger partial charge in [0.1, 0.15) is 17.4 Å². The number of hydrogen-bond donors (Lipinski definition) is 1. The molecular formula is C18H24ClN5O2. The Morgan fingerprint density at radius 1 is 1.31 bits per heavy atom. The maximum atomic E-state index is 12.4. The van der Waals surface area contributed by atoms with Gasteiger partial charge >= 0.3 is 0 Å². The van der Waals surface area contributed by atoms with Crippen LogP contribution >= 0.6 is 11.6 Å². The highest BCUT2D eigenvalue weighted by molar-refractivity contribution is 6.30. The van der Waals surface area contributed by atoms with E-state index in [0.717, 1.165) is 50.7 Å². The summed E-state index contributed by atoms with van der Waals surface area (Å²) in [5, 5.41) is 7.76. The predicted octanol–water partition coefficient (Wildman–Crippen LogP) is 2.13. The number of carbonyl (C=O) groups is 1. The topological polar surface area (TPSA) is 74.4 Å². The lowest BCUT2D eigenvalue weighted by atomic mass is 10.3. The Labute approximate surface area is 158 Å². The van der Waals surface area contributed by atoms with Crippen LogP contribution in [0.2, 0.25) is 5.02 Å². The fourth-order valence-corrected chi connectivity index (χ4v) is 3.13. The zero-order valence-electron chi connectivity index (χ0n) is 14.9. The largest absolute Gasteiger partial charge is 0.484 e. The van der Waals surface area contributed by atoms with E-state index in [1.54, 1.807) is 24.3 Å². The fraction of sp³-hybridized carbons (Fsp3) is 0.500. The third-order valence-corrected chi connectivity index (χ3v) is 4.60. The summed E-state index contributed by atoms with van der Waals surface area (Å²) < 4.78 is 5.57. The number of aryl methyl sites for hydroxylation is 1. The van der Waals surface area contributed by atoms with Crippen LogP contribution in [-0.4, -0.2) is 63.7 Å². The lowest BCUT2D eigenvalue weighted by molar-refractivity contribution is -0.133. The Hall–Kier alpha value is -2.12. The van der Waals surface area contributed by atoms with Crippen molar-refractivity contribution in [2.75, 3.05) is 32.8 Å². The van der Waals surface area contributed by atoms with Gasteiger partial charge in [0, 0.05) is 37.6 Å². The summed E-state index contributed by atoms with van der Waals surface area (Å²) in [7, 11) is 0. The van der Waals surface area contributed by atoms with Gasteiger partial charge in [-0.3, -0.25) is 14.8 Å². The van der Waals surface area contributed by atoms with Crippen LogP contribution in [0, 0.1) is 0 Å². The van der Waals surface area contributed by atoms with Gasteiger partial charge < -0.3 is 9.64 Å². The van der Waals surface area contributed by atoms with Crippen LogP contribution in [0.4, 0.5) is 0 Å². The van der Waals surface area contributed by atoms with Crippen LogP contribution in [0.15, 0.2) is 24.3 Å². The first-order valence-electron chi connectivity index (χ1n) is 8.92. The molecule has 0 saturated carbocycles. The molecular weight excluding hydrogens is 354 g/mol. The molecule has 2 aromatic rings. The molecule has 1 aromatic heterocycles. The van der Waals surface area contributed by atoms with Crippen LogP contribution in [-0.2, 0) is 17.8 Å². The summed E-state index contributed by atoms with van der Waals surface area (Å²) in [5.74, 6) is 2.33. The number of aromatic amines is 1. The van der Waals surface area contributed by atoms with Gasteiger partial charge in [-0.2, -0.15) is 5.10 Å². The maximum absolute atomic E-state index is 12.4. The molecule has 2 heterocycles. The number of benzene rings is 1. The highest BCUT2D eigenvalue weighted by Crippen LogP contribution is 2.17. The first kappa shape index (κ1) is 18.7. The first-order chi connectivity index (χ1) is 12.6. The number of carbonyl (C=O) groups excluding carboxylic acids is 1. The molecule has 0 radical (unpaired) electrons. The average molecular weight is 378 g/mol. The number of ether oxygens (including phenoxy) is 1. The molecule has 1 aliphatic rings. The van der Waals surface area contributed by atoms with Crippen molar-refractivity contribution in [3.8, 4) is 5.75 Å². The number of nitrogens with zero attached hydrogens (tertiary/aromatic N) is 4. The Morgan fingerprint density at radius 3 is 2.96 bits per heavy atom. The molecule has 1 aromatic carbocycles. The molecule has 8 heteroatoms. The van der Waals surface area contributed by atoms with E-state index in [9.17, 15) is 4.79 Å². The quantitative estimate of drug-likeness (QED) is 0.834. The van der Waals surface area contributed by atoms with Crippen molar-refractivity contribution in [2.45, 2.75) is 26.3 Å². The Bertz CT molecular complexity index is 736. The number of halogens is 1. The molecule has 0 spiro atoms. The molecule has 1 saturated heterocycles. The Morgan fingerprint density at radius 2 is 2.19 bits per heavy atom. The summed E-state index contributed by atoms with van der Waals surface area (Å²) in [6.45, 7) is 5.97. The van der Waals surface area contributed by atoms with Crippen molar-refractivity contribution in [1.29, 1.82) is 0 Å². The molecule has 0 bridgehead atoms. The number of hydrogen-bond acceptors (Lipinski definition) is 5. The highest BCUT2D eigenvalue weighted by atomic mass is 35.5. The number of aromatic nitrogens is 3. The van der Waals surface area contributed by atoms with E-state index in [0.29, 0.717) is 17.3 Å². The van der Waals surface area contributed by atoms with Gasteiger partial charge in [0.25, 0.3) is 5.91 Å². The second-order valence-electron chi connectivity index (χ2n) is 6.31. The van der Waals surface area contributed by atoms with E-state index in [1.807, 2.05) is 11.8 Å². The fourth-order valence-electron chi connectivity index (χ4n) is 2.95. The van der Waals surface area contributed by atoms with Gasteiger partial charge in [-0.05, 0) is 24.6 Å². The molecule has 140 valence electrons. The second kappa shape index (κ2) is 9.00. The van der Waals surface area contributed by atoms with Crippen molar-refractivity contribution in [2.24, 2.45) is 0 Å². The lowest BCUT2D eigenvalue weighted by Crippen LogP contribution is -2.38. The molecule has 0 atom stereocenters. The molecule has 0 aliphatic carbocycles. The molecule has 1 N–H and O–H groups in total. The second-order valence-corrected chi connectivity index (χ2v) is 6.74. The predicted molar refractivity (Wildman–Crippen MR) is 99.2 cm³/mol. The molecule has 26 heavy (non-hydrogen) atoms. The van der Waals surface area contributed by atoms with Gasteiger partial charge in [0.2, 0.25) is 0 Å². The summed E-state index contributed by atoms with van der Waals surface area (Å²) in [6, 6.07) is 7.09. The molecule has 1 fully saturated rings. The van der Waals surface area contributed by atoms with Crippen molar-refractivity contribution >= 4 is 17.5 Å². The Balaban J connectivity index is 1.47. The highest BCUT2D eigenvalue weighted by Gasteiger charge is 2.20. The van der Waals surface area contributed by atoms with Crippen LogP contribution in [0.5, 0.6) is 5.75 Å². The van der Waals surface area contributed by atoms with Crippen LogP contribution in [0.25, 0.3) is 0 Å². The minimum atomic E-state index is -0.000222. The summed E-state index contributed by atoms with van der Waals surface area (Å²) in [5.41, 5.74) is 0. The third kappa shape index (κ3) is 5.19. The number of rotatable bonds is 6. The van der Waals surface area contributed by atoms with Gasteiger partial charge in [-0.15, -0.1) is 0 Å². The van der Waals surface area contributed by atoms with E-state index in [2.05, 4.69) is 20.1 Å². The van der Waals surface area contributed by atoms with Crippen molar-refractivity contribution < 1.29 is 9.53 Å². The van der Waals surface area contributed by atoms with Gasteiger partial charge in [0.05, 0.1) is 6.54 Å². The van der Waals surface area contributed by atoms with Gasteiger partial charge in [-0.1, -0.05) is 24.6 Å². The average Bonchev–Trinajstić information content (AvgIpc) is 2.96. The molecule has 1 amide bonds. The summed E-state index contributed by atoms with van der Waals surface area (Å²) in [6.07, 6.45) is 1.75. The van der Waals surface area contributed by atoms with E-state index >= 15 is 0 Å². The van der Waals surface area contributed by atoms with Gasteiger partial charge in [0.15, 0.2) is 6.61 Å². The minimum absolute atomic E-state index is 0.000222. The van der Waals surface area contributed by atoms with Crippen molar-refractivity contribution in [1.82, 2.24) is 25.0 Å². The number of amides is 1. The third-order valence-electron chi connectivity index (χ3n) is 4.37. The van der Waals surface area contributed by atoms with Gasteiger partial charge in [-0.25, -0.2) is 4.98 Å². The van der Waals surface area contributed by atoms with E-state index in [1.165, 1.54) is 0 Å². The Kier molecular flexibility index (Phi) is 6.46. The van der Waals surface area contributed by atoms with E-state index in [4.69, 9.17) is 16.3 Å². The number of nitrogens with one attached hydrogen (secondary N) is 1. The van der Waals surface area contributed by atoms with Crippen molar-refractivity contribution in [3.05, 3.63) is 40.9 Å². The zero-order chi connectivity index (χ0) is 18.4. The monoisotopic (exact) mass is 377 g/mol. The molecule has 0 unspecified atom stereocenters. The summed E-state index contributed by atoms with van der Waals surface area (Å²) in [4.78, 5) is 21.1. The number of H-pyrrole nitrogens is 1. The standard InChI is InChI=1S/C18H24ClN5O2/c1-2-16-20-17(22-21-16)12-23-7-4-8-24(10-9-23)18(25)13-26-15-6-3-5-14(19)11-15/h3,5-6,11H,2,4,7-10,12-13H2,1H3,(H,20,21,22). The van der Waals surface area contributed by atoms with Crippen molar-refractivity contribution in [3.63, 3.8) is 0 Å². The summed E-state index contributed by atoms with van der Waals surface area (Å²) >= 11 is 5.93. The normalized spacial score (nSPS) is 15.7.